The van der Waals surface area contributed by atoms with E-state index in [4.69, 9.17) is 17.2 Å². The molecule has 0 aromatic heterocycles. The van der Waals surface area contributed by atoms with Gasteiger partial charge in [-0.2, -0.15) is 0 Å². The maximum atomic E-state index is 6.00. The van der Waals surface area contributed by atoms with Gasteiger partial charge in [0.2, 0.25) is 0 Å². The summed E-state index contributed by atoms with van der Waals surface area (Å²) in [6.45, 7) is 0. The summed E-state index contributed by atoms with van der Waals surface area (Å²) < 4.78 is 0. The van der Waals surface area contributed by atoms with Crippen LogP contribution in [0.5, 0.6) is 0 Å². The van der Waals surface area contributed by atoms with E-state index in [2.05, 4.69) is 48.6 Å². The van der Waals surface area contributed by atoms with E-state index < -0.39 is 0 Å². The molecule has 0 spiro atoms. The Balaban J connectivity index is 0.000000142. The van der Waals surface area contributed by atoms with Crippen molar-refractivity contribution in [3.05, 3.63) is 108 Å². The molecule has 0 heterocycles. The highest BCUT2D eigenvalue weighted by molar-refractivity contribution is 5.77. The number of para-hydroxylation sites is 3. The van der Waals surface area contributed by atoms with Gasteiger partial charge in [-0.1, -0.05) is 92.1 Å². The summed E-state index contributed by atoms with van der Waals surface area (Å²) in [6, 6.07) is 24.5. The van der Waals surface area contributed by atoms with E-state index in [1.807, 2.05) is 42.5 Å². The van der Waals surface area contributed by atoms with E-state index in [0.717, 1.165) is 17.1 Å². The zero-order valence-electron chi connectivity index (χ0n) is 24.8. The van der Waals surface area contributed by atoms with Gasteiger partial charge in [0.05, 0.1) is 0 Å². The van der Waals surface area contributed by atoms with E-state index in [0.29, 0.717) is 0 Å². The molecule has 0 fully saturated rings. The summed E-state index contributed by atoms with van der Waals surface area (Å²) in [7, 11) is 0. The Morgan fingerprint density at radius 1 is 0.341 bits per heavy atom. The van der Waals surface area contributed by atoms with Crippen molar-refractivity contribution in [3.8, 4) is 0 Å². The predicted octanol–water partition coefficient (Wildman–Crippen LogP) is 10.5. The lowest BCUT2D eigenvalue weighted by atomic mass is 9.94. The molecule has 41 heavy (non-hydrogen) atoms. The van der Waals surface area contributed by atoms with Crippen molar-refractivity contribution in [2.75, 3.05) is 17.2 Å². The van der Waals surface area contributed by atoms with Crippen molar-refractivity contribution in [1.29, 1.82) is 0 Å². The third kappa shape index (κ3) is 9.42. The van der Waals surface area contributed by atoms with Crippen LogP contribution in [0.2, 0.25) is 0 Å². The standard InChI is InChI=1S/C14H19N.C13H17N.C11H13N/c15-14-11-7-6-10-13(14)12-8-4-2-1-3-5-9-12;14-13-10-6-5-9-12(13)11-7-3-1-2-4-8-11;12-11-8-4-3-7-10(11)9-5-1-2-6-9/h6-8,10-11H,1-5,9,15H2;5-7,9-10H,1-4,8,14H2;3-5,7-8H,1-2,6,12H2/b12-8+;;. The molecule has 3 nitrogen and oxygen atoms in total. The van der Waals surface area contributed by atoms with E-state index in [1.54, 1.807) is 0 Å². The maximum Gasteiger partial charge on any atom is 0.0390 e. The summed E-state index contributed by atoms with van der Waals surface area (Å²) in [4.78, 5) is 0. The predicted molar refractivity (Wildman–Crippen MR) is 181 cm³/mol. The molecule has 3 aliphatic rings. The summed E-state index contributed by atoms with van der Waals surface area (Å²) in [5.74, 6) is 0. The summed E-state index contributed by atoms with van der Waals surface area (Å²) in [5, 5.41) is 0. The van der Waals surface area contributed by atoms with Crippen LogP contribution in [-0.4, -0.2) is 0 Å². The average Bonchev–Trinajstić information content (AvgIpc) is 3.37. The second-order valence-electron chi connectivity index (χ2n) is 11.4. The molecular weight excluding hydrogens is 498 g/mol. The van der Waals surface area contributed by atoms with E-state index >= 15 is 0 Å². The fourth-order valence-corrected chi connectivity index (χ4v) is 5.98. The van der Waals surface area contributed by atoms with Gasteiger partial charge in [-0.25, -0.2) is 0 Å². The van der Waals surface area contributed by atoms with Crippen LogP contribution in [0.1, 0.15) is 107 Å². The summed E-state index contributed by atoms with van der Waals surface area (Å²) in [6.07, 6.45) is 24.9. The lowest BCUT2D eigenvalue weighted by Crippen LogP contribution is -1.95. The molecule has 0 radical (unpaired) electrons. The number of nitrogen functional groups attached to an aromatic ring is 3. The third-order valence-electron chi connectivity index (χ3n) is 8.29. The SMILES string of the molecule is Nc1ccccc1/C1=C/CCCCCC1.Nc1ccccc1C1=CCCC1.Nc1ccccc1C1=CCCCCC1. The molecule has 6 N–H and O–H groups in total. The van der Waals surface area contributed by atoms with Crippen molar-refractivity contribution in [3.63, 3.8) is 0 Å². The molecule has 0 aliphatic heterocycles. The van der Waals surface area contributed by atoms with Crippen LogP contribution in [0.4, 0.5) is 17.1 Å². The van der Waals surface area contributed by atoms with Crippen LogP contribution in [0.25, 0.3) is 16.7 Å². The molecule has 3 aromatic carbocycles. The number of hydrogen-bond acceptors (Lipinski definition) is 3. The highest BCUT2D eigenvalue weighted by Gasteiger charge is 2.09. The van der Waals surface area contributed by atoms with Gasteiger partial charge in [-0.05, 0) is 106 Å². The molecule has 3 aliphatic carbocycles. The van der Waals surface area contributed by atoms with Gasteiger partial charge in [-0.3, -0.25) is 0 Å². The van der Waals surface area contributed by atoms with Crippen LogP contribution in [0.3, 0.4) is 0 Å². The van der Waals surface area contributed by atoms with Gasteiger partial charge in [-0.15, -0.1) is 0 Å². The zero-order valence-corrected chi connectivity index (χ0v) is 24.8. The molecule has 0 amide bonds. The molecular formula is C38H49N3. The molecule has 216 valence electrons. The largest absolute Gasteiger partial charge is 0.398 e. The Morgan fingerprint density at radius 3 is 1.02 bits per heavy atom. The van der Waals surface area contributed by atoms with Crippen LogP contribution in [0, 0.1) is 0 Å². The average molecular weight is 548 g/mol. The van der Waals surface area contributed by atoms with Gasteiger partial charge in [0, 0.05) is 33.8 Å². The van der Waals surface area contributed by atoms with Crippen LogP contribution < -0.4 is 17.2 Å². The molecule has 0 atom stereocenters. The molecule has 3 heteroatoms. The van der Waals surface area contributed by atoms with Gasteiger partial charge in [0.25, 0.3) is 0 Å². The van der Waals surface area contributed by atoms with E-state index in [-0.39, 0.29) is 0 Å². The molecule has 0 saturated heterocycles. The first kappa shape index (κ1) is 30.2. The maximum absolute atomic E-state index is 6.00. The van der Waals surface area contributed by atoms with Crippen LogP contribution >= 0.6 is 0 Å². The smallest absolute Gasteiger partial charge is 0.0390 e. The minimum atomic E-state index is 0.908. The lowest BCUT2D eigenvalue weighted by molar-refractivity contribution is 0.643. The number of nitrogens with two attached hydrogens (primary N) is 3. The summed E-state index contributed by atoms with van der Waals surface area (Å²) >= 11 is 0. The molecule has 0 unspecified atom stereocenters. The van der Waals surface area contributed by atoms with Crippen molar-refractivity contribution in [2.45, 2.75) is 89.9 Å². The van der Waals surface area contributed by atoms with Crippen LogP contribution in [-0.2, 0) is 0 Å². The fraction of sp³-hybridized carbons (Fsp3) is 0.368. The number of allylic oxidation sites excluding steroid dienone is 6. The quantitative estimate of drug-likeness (QED) is 0.285. The minimum Gasteiger partial charge on any atom is -0.398 e. The number of anilines is 3. The monoisotopic (exact) mass is 547 g/mol. The van der Waals surface area contributed by atoms with E-state index in [9.17, 15) is 0 Å². The zero-order chi connectivity index (χ0) is 28.7. The van der Waals surface area contributed by atoms with E-state index in [1.165, 1.54) is 123 Å². The van der Waals surface area contributed by atoms with Crippen molar-refractivity contribution in [2.24, 2.45) is 0 Å². The Labute approximate surface area is 248 Å². The Kier molecular flexibility index (Phi) is 12.2. The van der Waals surface area contributed by atoms with Gasteiger partial charge >= 0.3 is 0 Å². The topological polar surface area (TPSA) is 78.1 Å². The first-order valence-corrected chi connectivity index (χ1v) is 15.7. The Morgan fingerprint density at radius 2 is 0.659 bits per heavy atom. The Bertz CT molecular complexity index is 1330. The highest BCUT2D eigenvalue weighted by Crippen LogP contribution is 2.31. The Hall–Kier alpha value is -3.72. The minimum absolute atomic E-state index is 0.908. The summed E-state index contributed by atoms with van der Waals surface area (Å²) in [5.41, 5.74) is 28.6. The van der Waals surface area contributed by atoms with Crippen molar-refractivity contribution >= 4 is 33.8 Å². The number of benzene rings is 3. The first-order valence-electron chi connectivity index (χ1n) is 15.7. The molecule has 0 bridgehead atoms. The second kappa shape index (κ2) is 16.5. The third-order valence-corrected chi connectivity index (χ3v) is 8.29. The van der Waals surface area contributed by atoms with Gasteiger partial charge < -0.3 is 17.2 Å². The lowest BCUT2D eigenvalue weighted by Gasteiger charge is -2.13. The van der Waals surface area contributed by atoms with Crippen LogP contribution in [0.15, 0.2) is 91.0 Å². The number of rotatable bonds is 3. The first-order chi connectivity index (χ1) is 20.1. The molecule has 3 aromatic rings. The highest BCUT2D eigenvalue weighted by atomic mass is 14.6. The fourth-order valence-electron chi connectivity index (χ4n) is 5.98. The second-order valence-corrected chi connectivity index (χ2v) is 11.4. The van der Waals surface area contributed by atoms with Gasteiger partial charge in [0.1, 0.15) is 0 Å². The number of hydrogen-bond donors (Lipinski definition) is 3. The molecule has 6 rings (SSSR count). The molecule has 0 saturated carbocycles. The van der Waals surface area contributed by atoms with Gasteiger partial charge in [0.15, 0.2) is 0 Å². The normalized spacial score (nSPS) is 18.4. The van der Waals surface area contributed by atoms with Crippen molar-refractivity contribution in [1.82, 2.24) is 0 Å². The van der Waals surface area contributed by atoms with Crippen molar-refractivity contribution < 1.29 is 0 Å².